The van der Waals surface area contributed by atoms with Crippen LogP contribution in [0.4, 0.5) is 24.5 Å². The molecular weight excluding hydrogens is 495 g/mol. The Bertz CT molecular complexity index is 1260. The number of halogens is 4. The van der Waals surface area contributed by atoms with E-state index in [1.165, 1.54) is 6.07 Å². The lowest BCUT2D eigenvalue weighted by atomic mass is 10.1. The predicted molar refractivity (Wildman–Crippen MR) is 112 cm³/mol. The Balaban J connectivity index is 1.87. The first kappa shape index (κ1) is 22.8. The summed E-state index contributed by atoms with van der Waals surface area (Å²) in [5, 5.41) is 22.1. The predicted octanol–water partition coefficient (Wildman–Crippen LogP) is 6.18. The number of amides is 1. The van der Waals surface area contributed by atoms with Crippen LogP contribution in [-0.2, 0) is 11.0 Å². The van der Waals surface area contributed by atoms with Gasteiger partial charge in [-0.05, 0) is 30.3 Å². The second-order valence-corrected chi connectivity index (χ2v) is 7.23. The lowest BCUT2D eigenvalue weighted by molar-refractivity contribution is -0.385. The average Bonchev–Trinajstić information content (AvgIpc) is 3.20. The maximum absolute atomic E-state index is 13.3. The summed E-state index contributed by atoms with van der Waals surface area (Å²) in [4.78, 5) is 22.2. The van der Waals surface area contributed by atoms with Crippen LogP contribution in [0.25, 0.3) is 17.4 Å². The number of hydrogen-bond donors (Lipinski definition) is 1. The fraction of sp³-hybridized carbons (Fsp3) is 0.0476. The molecule has 0 radical (unpaired) electrons. The minimum absolute atomic E-state index is 0.134. The Morgan fingerprint density at radius 3 is 2.44 bits per heavy atom. The van der Waals surface area contributed by atoms with Crippen LogP contribution in [0.5, 0.6) is 0 Å². The van der Waals surface area contributed by atoms with Gasteiger partial charge in [-0.15, -0.1) is 0 Å². The summed E-state index contributed by atoms with van der Waals surface area (Å²) in [7, 11) is 0. The van der Waals surface area contributed by atoms with E-state index in [-0.39, 0.29) is 5.76 Å². The highest BCUT2D eigenvalue weighted by molar-refractivity contribution is 9.10. The minimum atomic E-state index is -4.97. The van der Waals surface area contributed by atoms with Crippen LogP contribution in [0, 0.1) is 21.4 Å². The van der Waals surface area contributed by atoms with Gasteiger partial charge < -0.3 is 9.73 Å². The maximum atomic E-state index is 13.3. The van der Waals surface area contributed by atoms with E-state index in [4.69, 9.17) is 4.42 Å². The van der Waals surface area contributed by atoms with Gasteiger partial charge in [0.25, 0.3) is 11.6 Å². The Morgan fingerprint density at radius 2 is 1.84 bits per heavy atom. The Kier molecular flexibility index (Phi) is 6.45. The van der Waals surface area contributed by atoms with Crippen molar-refractivity contribution in [3.05, 3.63) is 86.1 Å². The third kappa shape index (κ3) is 5.22. The molecule has 1 heterocycles. The van der Waals surface area contributed by atoms with Crippen molar-refractivity contribution >= 4 is 39.3 Å². The van der Waals surface area contributed by atoms with Gasteiger partial charge in [0.2, 0.25) is 0 Å². The third-order valence-corrected chi connectivity index (χ3v) is 4.70. The van der Waals surface area contributed by atoms with E-state index in [9.17, 15) is 33.3 Å². The summed E-state index contributed by atoms with van der Waals surface area (Å²) in [5.74, 6) is -0.543. The second-order valence-electron chi connectivity index (χ2n) is 6.32. The maximum Gasteiger partial charge on any atom is 0.418 e. The molecule has 0 fully saturated rings. The minimum Gasteiger partial charge on any atom is -0.457 e. The molecule has 0 saturated heterocycles. The van der Waals surface area contributed by atoms with Gasteiger partial charge in [-0.1, -0.05) is 28.1 Å². The second kappa shape index (κ2) is 9.07. The van der Waals surface area contributed by atoms with E-state index >= 15 is 0 Å². The summed E-state index contributed by atoms with van der Waals surface area (Å²) in [6.07, 6.45) is -3.89. The molecular formula is C21H11BrF3N3O4. The highest BCUT2D eigenvalue weighted by Gasteiger charge is 2.36. The van der Waals surface area contributed by atoms with E-state index in [0.717, 1.165) is 28.2 Å². The highest BCUT2D eigenvalue weighted by atomic mass is 79.9. The van der Waals surface area contributed by atoms with Crippen LogP contribution in [-0.4, -0.2) is 10.8 Å². The first-order valence-corrected chi connectivity index (χ1v) is 9.52. The Hall–Kier alpha value is -3.91. The fourth-order valence-corrected chi connectivity index (χ4v) is 2.93. The van der Waals surface area contributed by atoms with Crippen LogP contribution < -0.4 is 5.32 Å². The Morgan fingerprint density at radius 1 is 1.16 bits per heavy atom. The van der Waals surface area contributed by atoms with Crippen LogP contribution >= 0.6 is 15.9 Å². The van der Waals surface area contributed by atoms with Crippen molar-refractivity contribution in [2.45, 2.75) is 6.18 Å². The molecule has 0 atom stereocenters. The zero-order valence-electron chi connectivity index (χ0n) is 15.8. The number of nitrogens with one attached hydrogen (secondary N) is 1. The zero-order valence-corrected chi connectivity index (χ0v) is 17.4. The summed E-state index contributed by atoms with van der Waals surface area (Å²) >= 11 is 3.31. The number of anilines is 1. The lowest BCUT2D eigenvalue weighted by Crippen LogP contribution is -2.18. The lowest BCUT2D eigenvalue weighted by Gasteiger charge is -2.13. The molecule has 3 aromatic rings. The molecule has 0 unspecified atom stereocenters. The first-order chi connectivity index (χ1) is 15.1. The summed E-state index contributed by atoms with van der Waals surface area (Å²) in [5.41, 5.74) is -2.70. The van der Waals surface area contributed by atoms with E-state index in [2.05, 4.69) is 15.9 Å². The largest absolute Gasteiger partial charge is 0.457 e. The highest BCUT2D eigenvalue weighted by Crippen LogP contribution is 2.37. The number of carbonyl (C=O) groups excluding carboxylic acids is 1. The molecule has 2 aromatic carbocycles. The van der Waals surface area contributed by atoms with Crippen molar-refractivity contribution in [2.75, 3.05) is 5.32 Å². The van der Waals surface area contributed by atoms with Crippen LogP contribution in [0.15, 0.2) is 69.1 Å². The van der Waals surface area contributed by atoms with E-state index in [1.807, 2.05) is 5.32 Å². The number of nitro benzene ring substituents is 1. The van der Waals surface area contributed by atoms with Crippen LogP contribution in [0.3, 0.4) is 0 Å². The molecule has 7 nitrogen and oxygen atoms in total. The molecule has 3 rings (SSSR count). The number of hydrogen-bond acceptors (Lipinski definition) is 5. The first-order valence-electron chi connectivity index (χ1n) is 8.73. The molecule has 1 aromatic heterocycles. The number of benzene rings is 2. The van der Waals surface area contributed by atoms with Gasteiger partial charge in [-0.3, -0.25) is 14.9 Å². The fourth-order valence-electron chi connectivity index (χ4n) is 2.67. The molecule has 0 aliphatic carbocycles. The third-order valence-electron chi connectivity index (χ3n) is 4.17. The number of carbonyl (C=O) groups is 1. The van der Waals surface area contributed by atoms with Crippen molar-refractivity contribution < 1.29 is 27.3 Å². The van der Waals surface area contributed by atoms with Gasteiger partial charge in [0, 0.05) is 28.2 Å². The molecule has 0 spiro atoms. The van der Waals surface area contributed by atoms with Crippen molar-refractivity contribution in [3.63, 3.8) is 0 Å². The topological polar surface area (TPSA) is 109 Å². The van der Waals surface area contributed by atoms with Gasteiger partial charge in [-0.2, -0.15) is 18.4 Å². The van der Waals surface area contributed by atoms with Gasteiger partial charge in [0.05, 0.1) is 16.2 Å². The molecule has 0 saturated carbocycles. The molecule has 1 N–H and O–H groups in total. The molecule has 11 heteroatoms. The number of alkyl halides is 3. The SMILES string of the molecule is N#CC(=Cc1ccc(-c2ccc(Br)cc2)o1)C(=O)Nc1ccc([N+](=O)[O-])cc1C(F)(F)F. The van der Waals surface area contributed by atoms with Crippen molar-refractivity contribution in [1.29, 1.82) is 5.26 Å². The molecule has 0 bridgehead atoms. The summed E-state index contributed by atoms with van der Waals surface area (Å²) < 4.78 is 46.3. The molecule has 0 aliphatic heterocycles. The summed E-state index contributed by atoms with van der Waals surface area (Å²) in [6, 6.07) is 13.7. The Labute approximate surface area is 187 Å². The van der Waals surface area contributed by atoms with E-state index in [1.54, 1.807) is 36.4 Å². The number of non-ortho nitro benzene ring substituents is 1. The number of nitrogens with zero attached hydrogens (tertiary/aromatic N) is 2. The van der Waals surface area contributed by atoms with Gasteiger partial charge in [-0.25, -0.2) is 0 Å². The monoisotopic (exact) mass is 505 g/mol. The van der Waals surface area contributed by atoms with Crippen molar-refractivity contribution in [2.24, 2.45) is 0 Å². The summed E-state index contributed by atoms with van der Waals surface area (Å²) in [6.45, 7) is 0. The van der Waals surface area contributed by atoms with Crippen molar-refractivity contribution in [1.82, 2.24) is 0 Å². The van der Waals surface area contributed by atoms with Crippen LogP contribution in [0.1, 0.15) is 11.3 Å². The normalized spacial score (nSPS) is 11.7. The van der Waals surface area contributed by atoms with Gasteiger partial charge in [0.1, 0.15) is 23.2 Å². The number of nitro groups is 1. The average molecular weight is 506 g/mol. The zero-order chi connectivity index (χ0) is 23.5. The molecule has 32 heavy (non-hydrogen) atoms. The van der Waals surface area contributed by atoms with Gasteiger partial charge >= 0.3 is 6.18 Å². The van der Waals surface area contributed by atoms with E-state index < -0.39 is 39.5 Å². The van der Waals surface area contributed by atoms with Crippen LogP contribution in [0.2, 0.25) is 0 Å². The molecule has 162 valence electrons. The molecule has 0 aliphatic rings. The number of furan rings is 1. The van der Waals surface area contributed by atoms with E-state index in [0.29, 0.717) is 11.8 Å². The molecule has 1 amide bonds. The van der Waals surface area contributed by atoms with Crippen molar-refractivity contribution in [3.8, 4) is 17.4 Å². The smallest absolute Gasteiger partial charge is 0.418 e. The standard InChI is InChI=1S/C21H11BrF3N3O4/c22-14-3-1-12(2-4-14)19-8-6-16(32-19)9-13(11-26)20(29)27-18-7-5-15(28(30)31)10-17(18)21(23,24)25/h1-10H,(H,27,29). The van der Waals surface area contributed by atoms with Gasteiger partial charge in [0.15, 0.2) is 0 Å². The quantitative estimate of drug-likeness (QED) is 0.192. The number of rotatable bonds is 5. The number of nitriles is 1.